The molecule has 0 atom stereocenters. The summed E-state index contributed by atoms with van der Waals surface area (Å²) in [5.41, 5.74) is 12.2. The highest BCUT2D eigenvalue weighted by molar-refractivity contribution is 6.07. The van der Waals surface area contributed by atoms with E-state index in [1.165, 1.54) is 44.1 Å². The van der Waals surface area contributed by atoms with Gasteiger partial charge in [-0.1, -0.05) is 84.9 Å². The first-order valence-electron chi connectivity index (χ1n) is 18.0. The highest BCUT2D eigenvalue weighted by Gasteiger charge is 2.52. The average Bonchev–Trinajstić information content (AvgIpc) is 3.79. The molecule has 4 aliphatic carbocycles. The van der Waals surface area contributed by atoms with E-state index in [1.54, 1.807) is 6.39 Å². The number of fused-ring (bicyclic) bond motifs is 4. The second kappa shape index (κ2) is 10.7. The van der Waals surface area contributed by atoms with Crippen LogP contribution in [0, 0.1) is 17.8 Å². The molecule has 0 aliphatic heterocycles. The fourth-order valence-corrected chi connectivity index (χ4v) is 10.2. The third-order valence-corrected chi connectivity index (χ3v) is 12.0. The molecule has 5 heteroatoms. The summed E-state index contributed by atoms with van der Waals surface area (Å²) < 4.78 is 12.8. The van der Waals surface area contributed by atoms with Crippen molar-refractivity contribution in [1.82, 2.24) is 15.0 Å². The van der Waals surface area contributed by atoms with Gasteiger partial charge in [0.2, 0.25) is 0 Å². The Morgan fingerprint density at radius 2 is 1.16 bits per heavy atom. The predicted octanol–water partition coefficient (Wildman–Crippen LogP) is 11.7. The van der Waals surface area contributed by atoms with Gasteiger partial charge in [-0.05, 0) is 103 Å². The lowest BCUT2D eigenvalue weighted by molar-refractivity contribution is -0.00457. The van der Waals surface area contributed by atoms with Crippen LogP contribution in [0.1, 0.15) is 44.1 Å². The number of oxazole rings is 1. The number of furan rings is 1. The second-order valence-corrected chi connectivity index (χ2v) is 15.1. The van der Waals surface area contributed by atoms with Crippen LogP contribution < -0.4 is 0 Å². The average molecular weight is 650 g/mol. The normalized spacial score (nSPS) is 22.6. The Labute approximate surface area is 290 Å². The Balaban J connectivity index is 0.988. The van der Waals surface area contributed by atoms with E-state index in [0.717, 1.165) is 90.0 Å². The molecule has 0 spiro atoms. The molecule has 50 heavy (non-hydrogen) atoms. The number of nitrogens with zero attached hydrogens (tertiary/aromatic N) is 3. The van der Waals surface area contributed by atoms with Crippen molar-refractivity contribution in [1.29, 1.82) is 0 Å². The Hall–Kier alpha value is -5.55. The second-order valence-electron chi connectivity index (χ2n) is 15.1. The fraction of sp³-hybridized carbons (Fsp3) is 0.222. The van der Waals surface area contributed by atoms with Crippen molar-refractivity contribution in [2.24, 2.45) is 17.8 Å². The van der Waals surface area contributed by atoms with Gasteiger partial charge in [-0.2, -0.15) is 0 Å². The number of rotatable bonds is 5. The number of hydrogen-bond acceptors (Lipinski definition) is 5. The molecule has 4 fully saturated rings. The van der Waals surface area contributed by atoms with E-state index < -0.39 is 0 Å². The molecule has 0 unspecified atom stereocenters. The summed E-state index contributed by atoms with van der Waals surface area (Å²) in [5.74, 6) is 3.34. The van der Waals surface area contributed by atoms with Crippen LogP contribution in [0.2, 0.25) is 0 Å². The first kappa shape index (κ1) is 28.3. The molecule has 0 N–H and O–H groups in total. The van der Waals surface area contributed by atoms with Gasteiger partial charge in [0.1, 0.15) is 16.7 Å². The zero-order valence-corrected chi connectivity index (χ0v) is 27.7. The third-order valence-electron chi connectivity index (χ3n) is 12.0. The summed E-state index contributed by atoms with van der Waals surface area (Å²) >= 11 is 0. The van der Waals surface area contributed by atoms with Crippen molar-refractivity contribution in [3.8, 4) is 45.0 Å². The van der Waals surface area contributed by atoms with Crippen LogP contribution in [0.15, 0.2) is 130 Å². The Morgan fingerprint density at radius 1 is 0.560 bits per heavy atom. The maximum Gasteiger partial charge on any atom is 0.182 e. The van der Waals surface area contributed by atoms with Crippen molar-refractivity contribution >= 4 is 33.0 Å². The maximum atomic E-state index is 6.60. The summed E-state index contributed by atoms with van der Waals surface area (Å²) in [6, 6.07) is 40.1. The van der Waals surface area contributed by atoms with Gasteiger partial charge < -0.3 is 8.83 Å². The van der Waals surface area contributed by atoms with Gasteiger partial charge in [0, 0.05) is 33.0 Å². The van der Waals surface area contributed by atoms with Gasteiger partial charge >= 0.3 is 0 Å². The van der Waals surface area contributed by atoms with Crippen molar-refractivity contribution in [3.05, 3.63) is 127 Å². The van der Waals surface area contributed by atoms with Gasteiger partial charge in [-0.15, -0.1) is 0 Å². The molecule has 5 aromatic carbocycles. The van der Waals surface area contributed by atoms with E-state index in [9.17, 15) is 0 Å². The summed E-state index contributed by atoms with van der Waals surface area (Å²) in [6.07, 6.45) is 9.86. The van der Waals surface area contributed by atoms with Crippen LogP contribution in [0.25, 0.3) is 78.1 Å². The van der Waals surface area contributed by atoms with E-state index in [1.807, 2.05) is 36.4 Å². The molecule has 242 valence electrons. The van der Waals surface area contributed by atoms with Crippen molar-refractivity contribution in [3.63, 3.8) is 0 Å². The summed E-state index contributed by atoms with van der Waals surface area (Å²) in [4.78, 5) is 14.8. The molecule has 4 saturated carbocycles. The summed E-state index contributed by atoms with van der Waals surface area (Å²) in [7, 11) is 0. The first-order valence-corrected chi connectivity index (χ1v) is 18.0. The standard InChI is InChI=1S/C45H35N3O2/c1-3-7-30(8-4-1)38-22-39(48-44(47-38)31-9-5-2-6-10-31)33-12-14-36-35-13-11-32(20-40(35)50-41(36)21-33)34-15-16-37(42-43(34)49-26-46-42)45-23-27-17-28(24-45)19-29(18-27)25-45/h1-16,20-22,26-29H,17-19,23-25H2. The zero-order valence-electron chi connectivity index (χ0n) is 27.7. The SMILES string of the molecule is c1ccc(-c2cc(-c3ccc4c(c3)oc3cc(-c5ccc(C67CC8CC(CC(C8)C6)C7)c6ncoc56)ccc34)nc(-c3ccccc3)n2)cc1. The lowest BCUT2D eigenvalue weighted by atomic mass is 9.48. The van der Waals surface area contributed by atoms with E-state index in [2.05, 4.69) is 78.9 Å². The van der Waals surface area contributed by atoms with Gasteiger partial charge in [0.25, 0.3) is 0 Å². The molecule has 3 heterocycles. The van der Waals surface area contributed by atoms with Gasteiger partial charge in [-0.25, -0.2) is 15.0 Å². The molecule has 4 aliphatic rings. The first-order chi connectivity index (χ1) is 24.7. The Morgan fingerprint density at radius 3 is 1.84 bits per heavy atom. The summed E-state index contributed by atoms with van der Waals surface area (Å²) in [6.45, 7) is 0. The van der Waals surface area contributed by atoms with Crippen LogP contribution in [0.3, 0.4) is 0 Å². The third kappa shape index (κ3) is 4.42. The quantitative estimate of drug-likeness (QED) is 0.186. The van der Waals surface area contributed by atoms with Crippen molar-refractivity contribution in [2.75, 3.05) is 0 Å². The summed E-state index contributed by atoms with van der Waals surface area (Å²) in [5, 5.41) is 2.17. The van der Waals surface area contributed by atoms with Crippen molar-refractivity contribution < 1.29 is 8.83 Å². The van der Waals surface area contributed by atoms with E-state index in [4.69, 9.17) is 23.8 Å². The van der Waals surface area contributed by atoms with Gasteiger partial charge in [0.05, 0.1) is 11.4 Å². The van der Waals surface area contributed by atoms with E-state index >= 15 is 0 Å². The van der Waals surface area contributed by atoms with Crippen LogP contribution >= 0.6 is 0 Å². The van der Waals surface area contributed by atoms with Gasteiger partial charge in [0.15, 0.2) is 17.8 Å². The highest BCUT2D eigenvalue weighted by Crippen LogP contribution is 2.61. The predicted molar refractivity (Wildman–Crippen MR) is 198 cm³/mol. The Bertz CT molecular complexity index is 2490. The molecular weight excluding hydrogens is 615 g/mol. The smallest absolute Gasteiger partial charge is 0.182 e. The minimum atomic E-state index is 0.260. The Kier molecular flexibility index (Phi) is 6.07. The lowest BCUT2D eigenvalue weighted by Crippen LogP contribution is -2.48. The van der Waals surface area contributed by atoms with Gasteiger partial charge in [-0.3, -0.25) is 0 Å². The molecule has 4 bridgehead atoms. The van der Waals surface area contributed by atoms with Crippen molar-refractivity contribution in [2.45, 2.75) is 43.9 Å². The monoisotopic (exact) mass is 649 g/mol. The van der Waals surface area contributed by atoms with E-state index in [-0.39, 0.29) is 5.41 Å². The molecule has 3 aromatic heterocycles. The maximum absolute atomic E-state index is 6.60. The lowest BCUT2D eigenvalue weighted by Gasteiger charge is -2.57. The zero-order chi connectivity index (χ0) is 32.8. The molecule has 5 nitrogen and oxygen atoms in total. The molecule has 0 amide bonds. The highest BCUT2D eigenvalue weighted by atomic mass is 16.3. The fourth-order valence-electron chi connectivity index (χ4n) is 10.2. The molecule has 12 rings (SSSR count). The number of hydrogen-bond donors (Lipinski definition) is 0. The molecule has 0 saturated heterocycles. The largest absolute Gasteiger partial charge is 0.456 e. The van der Waals surface area contributed by atoms with Crippen LogP contribution in [-0.2, 0) is 5.41 Å². The minimum Gasteiger partial charge on any atom is -0.456 e. The molecular formula is C45H35N3O2. The minimum absolute atomic E-state index is 0.260. The number of aromatic nitrogens is 3. The molecule has 0 radical (unpaired) electrons. The van der Waals surface area contributed by atoms with Crippen LogP contribution in [0.4, 0.5) is 0 Å². The van der Waals surface area contributed by atoms with E-state index in [0.29, 0.717) is 5.82 Å². The number of benzene rings is 5. The van der Waals surface area contributed by atoms with Crippen LogP contribution in [0.5, 0.6) is 0 Å². The van der Waals surface area contributed by atoms with Crippen LogP contribution in [-0.4, -0.2) is 15.0 Å². The topological polar surface area (TPSA) is 65.0 Å². The molecule has 8 aromatic rings.